The summed E-state index contributed by atoms with van der Waals surface area (Å²) in [5.41, 5.74) is 5.84. The molecule has 2 rings (SSSR count). The summed E-state index contributed by atoms with van der Waals surface area (Å²) >= 11 is 0. The number of aliphatic hydroxyl groups excluding tert-OH is 1. The topological polar surface area (TPSA) is 166 Å². The van der Waals surface area contributed by atoms with Crippen LogP contribution in [0, 0.1) is 5.92 Å². The number of hydrogen-bond donors (Lipinski definition) is 2. The normalized spacial score (nSPS) is 11.1. The van der Waals surface area contributed by atoms with Gasteiger partial charge in [0.05, 0.1) is 45.2 Å². The zero-order valence-corrected chi connectivity index (χ0v) is 27.6. The van der Waals surface area contributed by atoms with Crippen LogP contribution in [0.15, 0.2) is 54.9 Å². The van der Waals surface area contributed by atoms with E-state index in [-0.39, 0.29) is 42.1 Å². The number of carbonyl (C=O) groups is 3. The van der Waals surface area contributed by atoms with Gasteiger partial charge in [-0.1, -0.05) is 36.9 Å². The average molecular weight is 637 g/mol. The Kier molecular flexibility index (Phi) is 29.3. The molecule has 0 aliphatic heterocycles. The lowest BCUT2D eigenvalue weighted by Crippen LogP contribution is -2.20. The Balaban J connectivity index is 0. The molecule has 12 heteroatoms. The van der Waals surface area contributed by atoms with Crippen molar-refractivity contribution >= 4 is 18.5 Å². The highest BCUT2D eigenvalue weighted by Gasteiger charge is 2.16. The molecule has 0 bridgehead atoms. The van der Waals surface area contributed by atoms with E-state index in [9.17, 15) is 14.4 Å². The molecule has 0 radical (unpaired) electrons. The highest BCUT2D eigenvalue weighted by Crippen LogP contribution is 2.28. The number of benzene rings is 1. The molecule has 0 saturated heterocycles. The van der Waals surface area contributed by atoms with Crippen LogP contribution in [0.25, 0.3) is 0 Å². The molecule has 45 heavy (non-hydrogen) atoms. The highest BCUT2D eigenvalue weighted by atomic mass is 16.6. The van der Waals surface area contributed by atoms with Gasteiger partial charge in [0.25, 0.3) is 0 Å². The van der Waals surface area contributed by atoms with Gasteiger partial charge in [0.1, 0.15) is 12.0 Å². The predicted molar refractivity (Wildman–Crippen MR) is 173 cm³/mol. The van der Waals surface area contributed by atoms with E-state index in [0.717, 1.165) is 19.1 Å². The second-order valence-electron chi connectivity index (χ2n) is 9.24. The maximum Gasteiger partial charge on any atom is 0.313 e. The Morgan fingerprint density at radius 2 is 1.64 bits per heavy atom. The van der Waals surface area contributed by atoms with Gasteiger partial charge >= 0.3 is 5.97 Å². The lowest BCUT2D eigenvalue weighted by Gasteiger charge is -2.20. The first-order valence-electron chi connectivity index (χ1n) is 14.4. The molecule has 1 heterocycles. The number of rotatable bonds is 19. The van der Waals surface area contributed by atoms with Crippen LogP contribution >= 0.6 is 0 Å². The second kappa shape index (κ2) is 30.4. The molecule has 3 N–H and O–H groups in total. The van der Waals surface area contributed by atoms with E-state index in [1.165, 1.54) is 39.1 Å². The zero-order chi connectivity index (χ0) is 34.3. The van der Waals surface area contributed by atoms with Crippen molar-refractivity contribution in [2.75, 3.05) is 61.9 Å². The standard InChI is InChI=1S/C16H24O3.C11H13NO5.C5H10O2.CH5N/c1-14(18-2)11-16(13-19-10-6-9-17)12-15-7-4-3-5-8-15;1-15-6-4-10(14)17-11-8(7-13)12-5-3-9(11)16-2;1-5(6)3-4-7-2;1-2/h3-5,7-9,14,16H,6,10-13H2,1-2H3;3,5,7H,4,6H2,1-2H3;6H,1,3-4H2,2H3;2H2,1H3. The number of ether oxygens (including phenoxy) is 6. The van der Waals surface area contributed by atoms with Gasteiger partial charge in [-0.05, 0) is 38.3 Å². The number of nitrogens with two attached hydrogens (primary N) is 1. The fourth-order valence-corrected chi connectivity index (χ4v) is 3.47. The van der Waals surface area contributed by atoms with E-state index in [1.54, 1.807) is 14.2 Å². The lowest BCUT2D eigenvalue weighted by molar-refractivity contribution is -0.135. The van der Waals surface area contributed by atoms with E-state index in [1.807, 2.05) is 6.07 Å². The fourth-order valence-electron chi connectivity index (χ4n) is 3.47. The summed E-state index contributed by atoms with van der Waals surface area (Å²) in [6.07, 6.45) is 6.06. The molecule has 2 atom stereocenters. The monoisotopic (exact) mass is 636 g/mol. The lowest BCUT2D eigenvalue weighted by atomic mass is 9.95. The van der Waals surface area contributed by atoms with E-state index in [0.29, 0.717) is 44.9 Å². The zero-order valence-electron chi connectivity index (χ0n) is 27.6. The van der Waals surface area contributed by atoms with Crippen LogP contribution < -0.4 is 15.2 Å². The summed E-state index contributed by atoms with van der Waals surface area (Å²) in [5, 5.41) is 8.41. The molecular formula is C33H52N2O10. The largest absolute Gasteiger partial charge is 0.513 e. The first-order chi connectivity index (χ1) is 21.8. The van der Waals surface area contributed by atoms with Gasteiger partial charge in [-0.25, -0.2) is 4.98 Å². The molecule has 2 unspecified atom stereocenters. The van der Waals surface area contributed by atoms with Crippen LogP contribution in [0.4, 0.5) is 0 Å². The minimum absolute atomic E-state index is 0.0233. The molecule has 1 aromatic heterocycles. The third-order valence-corrected chi connectivity index (χ3v) is 5.72. The molecule has 0 aliphatic rings. The van der Waals surface area contributed by atoms with Crippen molar-refractivity contribution < 1.29 is 47.9 Å². The number of carbonyl (C=O) groups excluding carboxylic acids is 3. The van der Waals surface area contributed by atoms with Crippen molar-refractivity contribution in [1.82, 2.24) is 4.98 Å². The SMILES string of the molecule is C=C(O)CCOC.CN.COC(C)CC(COCCC=O)Cc1ccccc1.COCCC(=O)Oc1c(OC)ccnc1C=O. The number of aliphatic hydroxyl groups is 1. The summed E-state index contributed by atoms with van der Waals surface area (Å²) < 4.78 is 30.3. The van der Waals surface area contributed by atoms with Crippen LogP contribution in [0.2, 0.25) is 0 Å². The molecule has 0 spiro atoms. The van der Waals surface area contributed by atoms with Crippen LogP contribution in [0.5, 0.6) is 11.5 Å². The van der Waals surface area contributed by atoms with E-state index < -0.39 is 5.97 Å². The highest BCUT2D eigenvalue weighted by molar-refractivity contribution is 5.82. The van der Waals surface area contributed by atoms with Crippen LogP contribution in [-0.2, 0) is 35.0 Å². The van der Waals surface area contributed by atoms with Gasteiger partial charge in [0.15, 0.2) is 12.0 Å². The molecule has 12 nitrogen and oxygen atoms in total. The van der Waals surface area contributed by atoms with Crippen molar-refractivity contribution in [3.8, 4) is 11.5 Å². The molecule has 0 fully saturated rings. The predicted octanol–water partition coefficient (Wildman–Crippen LogP) is 4.39. The van der Waals surface area contributed by atoms with Crippen molar-refractivity contribution in [2.24, 2.45) is 11.7 Å². The Bertz CT molecular complexity index is 1040. The number of nitrogens with zero attached hydrogens (tertiary/aromatic N) is 1. The summed E-state index contributed by atoms with van der Waals surface area (Å²) in [7, 11) is 7.71. The van der Waals surface area contributed by atoms with Crippen LogP contribution in [0.3, 0.4) is 0 Å². The van der Waals surface area contributed by atoms with Gasteiger partial charge in [-0.3, -0.25) is 9.59 Å². The molecule has 254 valence electrons. The third kappa shape index (κ3) is 23.4. The van der Waals surface area contributed by atoms with Gasteiger partial charge in [-0.2, -0.15) is 0 Å². The van der Waals surface area contributed by atoms with Crippen molar-refractivity contribution in [2.45, 2.75) is 45.1 Å². The maximum atomic E-state index is 11.4. The minimum atomic E-state index is -0.513. The van der Waals surface area contributed by atoms with Gasteiger partial charge in [0.2, 0.25) is 5.75 Å². The Hall–Kier alpha value is -3.68. The Labute approximate surface area is 267 Å². The number of esters is 1. The minimum Gasteiger partial charge on any atom is -0.513 e. The van der Waals surface area contributed by atoms with Gasteiger partial charge < -0.3 is 44.1 Å². The molecule has 0 amide bonds. The number of hydrogen-bond acceptors (Lipinski definition) is 12. The average Bonchev–Trinajstić information content (AvgIpc) is 3.06. The second-order valence-corrected chi connectivity index (χ2v) is 9.24. The summed E-state index contributed by atoms with van der Waals surface area (Å²) in [6.45, 7) is 7.33. The molecular weight excluding hydrogens is 584 g/mol. The molecule has 0 aliphatic carbocycles. The first kappa shape index (κ1) is 43.4. The molecule has 2 aromatic rings. The van der Waals surface area contributed by atoms with E-state index >= 15 is 0 Å². The Morgan fingerprint density at radius 3 is 2.16 bits per heavy atom. The quantitative estimate of drug-likeness (QED) is 0.0968. The van der Waals surface area contributed by atoms with Crippen LogP contribution in [0.1, 0.15) is 48.7 Å². The van der Waals surface area contributed by atoms with Crippen molar-refractivity contribution in [3.05, 3.63) is 66.2 Å². The van der Waals surface area contributed by atoms with Crippen molar-refractivity contribution in [1.29, 1.82) is 0 Å². The number of aldehydes is 2. The summed E-state index contributed by atoms with van der Waals surface area (Å²) in [4.78, 5) is 36.2. The van der Waals surface area contributed by atoms with Gasteiger partial charge in [0, 0.05) is 53.0 Å². The van der Waals surface area contributed by atoms with Gasteiger partial charge in [-0.15, -0.1) is 0 Å². The van der Waals surface area contributed by atoms with E-state index in [2.05, 4.69) is 53.2 Å². The number of aromatic nitrogens is 1. The summed E-state index contributed by atoms with van der Waals surface area (Å²) in [6, 6.07) is 11.9. The maximum absolute atomic E-state index is 11.4. The summed E-state index contributed by atoms with van der Waals surface area (Å²) in [5.74, 6) is 0.408. The first-order valence-corrected chi connectivity index (χ1v) is 14.4. The van der Waals surface area contributed by atoms with Crippen molar-refractivity contribution in [3.63, 3.8) is 0 Å². The molecule has 0 saturated carbocycles. The Morgan fingerprint density at radius 1 is 1.00 bits per heavy atom. The number of methoxy groups -OCH3 is 4. The third-order valence-electron chi connectivity index (χ3n) is 5.72. The van der Waals surface area contributed by atoms with E-state index in [4.69, 9.17) is 28.8 Å². The smallest absolute Gasteiger partial charge is 0.313 e. The van der Waals surface area contributed by atoms with Crippen LogP contribution in [-0.4, -0.2) is 96.7 Å². The molecule has 1 aromatic carbocycles. The number of pyridine rings is 1. The fraction of sp³-hybridized carbons (Fsp3) is 0.515.